The van der Waals surface area contributed by atoms with Crippen molar-refractivity contribution in [1.29, 1.82) is 0 Å². The molecule has 0 radical (unpaired) electrons. The summed E-state index contributed by atoms with van der Waals surface area (Å²) in [5.41, 5.74) is 2.44. The highest BCUT2D eigenvalue weighted by molar-refractivity contribution is 7.09. The van der Waals surface area contributed by atoms with Gasteiger partial charge in [0.25, 0.3) is 0 Å². The summed E-state index contributed by atoms with van der Waals surface area (Å²) in [5, 5.41) is 3.44. The van der Waals surface area contributed by atoms with Crippen molar-refractivity contribution < 1.29 is 0 Å². The van der Waals surface area contributed by atoms with Gasteiger partial charge in [0.15, 0.2) is 0 Å². The second-order valence-electron chi connectivity index (χ2n) is 7.40. The lowest BCUT2D eigenvalue weighted by Gasteiger charge is -2.33. The van der Waals surface area contributed by atoms with E-state index in [-0.39, 0.29) is 0 Å². The van der Waals surface area contributed by atoms with Gasteiger partial charge in [0.2, 0.25) is 0 Å². The van der Waals surface area contributed by atoms with E-state index in [1.807, 2.05) is 0 Å². The second-order valence-corrected chi connectivity index (χ2v) is 8.46. The van der Waals surface area contributed by atoms with Crippen molar-refractivity contribution in [3.63, 3.8) is 0 Å². The van der Waals surface area contributed by atoms with Crippen LogP contribution in [0.2, 0.25) is 0 Å². The number of rotatable bonds is 2. The molecule has 0 saturated heterocycles. The molecule has 1 aromatic heterocycles. The van der Waals surface area contributed by atoms with Crippen LogP contribution in [0.25, 0.3) is 0 Å². The zero-order chi connectivity index (χ0) is 17.9. The molecular weight excluding hydrogens is 324 g/mol. The lowest BCUT2D eigenvalue weighted by molar-refractivity contribution is 0.230. The Kier molecular flexibility index (Phi) is 9.31. The van der Waals surface area contributed by atoms with E-state index in [0.717, 1.165) is 6.54 Å². The summed E-state index contributed by atoms with van der Waals surface area (Å²) in [6.07, 6.45) is 19.1. The predicted molar refractivity (Wildman–Crippen MR) is 111 cm³/mol. The van der Waals surface area contributed by atoms with Gasteiger partial charge in [-0.1, -0.05) is 50.8 Å². The minimum absolute atomic E-state index is 0.408. The van der Waals surface area contributed by atoms with E-state index in [1.165, 1.54) is 87.0 Å². The molecule has 1 aliphatic heterocycles. The van der Waals surface area contributed by atoms with Crippen molar-refractivity contribution in [2.75, 3.05) is 6.54 Å². The van der Waals surface area contributed by atoms with Gasteiger partial charge >= 0.3 is 0 Å². The van der Waals surface area contributed by atoms with Crippen molar-refractivity contribution in [1.82, 2.24) is 9.88 Å². The minimum atomic E-state index is 0.408. The summed E-state index contributed by atoms with van der Waals surface area (Å²) in [7, 11) is 0. The average molecular weight is 361 g/mol. The van der Waals surface area contributed by atoms with E-state index in [9.17, 15) is 0 Å². The summed E-state index contributed by atoms with van der Waals surface area (Å²) in [6, 6.07) is 0.408. The SMILES string of the molecule is C=C(C)N1CCCCC=CCCCCCCCCC1c1csc(C)n1. The topological polar surface area (TPSA) is 16.1 Å². The monoisotopic (exact) mass is 360 g/mol. The van der Waals surface area contributed by atoms with E-state index in [0.29, 0.717) is 6.04 Å². The Labute approximate surface area is 159 Å². The molecule has 3 heteroatoms. The minimum Gasteiger partial charge on any atom is -0.367 e. The van der Waals surface area contributed by atoms with Gasteiger partial charge in [-0.3, -0.25) is 0 Å². The number of hydrogen-bond donors (Lipinski definition) is 0. The number of aryl methyl sites for hydroxylation is 1. The fourth-order valence-electron chi connectivity index (χ4n) is 3.70. The Hall–Kier alpha value is -1.09. The van der Waals surface area contributed by atoms with Gasteiger partial charge in [0.1, 0.15) is 0 Å². The Morgan fingerprint density at radius 3 is 2.32 bits per heavy atom. The number of thiazole rings is 1. The van der Waals surface area contributed by atoms with Crippen LogP contribution in [0.1, 0.15) is 94.3 Å². The quantitative estimate of drug-likeness (QED) is 0.519. The van der Waals surface area contributed by atoms with Crippen LogP contribution in [-0.2, 0) is 0 Å². The van der Waals surface area contributed by atoms with Crippen molar-refractivity contribution in [2.45, 2.75) is 90.5 Å². The third-order valence-corrected chi connectivity index (χ3v) is 5.92. The van der Waals surface area contributed by atoms with Gasteiger partial charge < -0.3 is 4.90 Å². The predicted octanol–water partition coefficient (Wildman–Crippen LogP) is 7.19. The first kappa shape index (κ1) is 20.2. The maximum absolute atomic E-state index is 4.82. The summed E-state index contributed by atoms with van der Waals surface area (Å²) in [4.78, 5) is 7.34. The highest BCUT2D eigenvalue weighted by Crippen LogP contribution is 2.31. The Morgan fingerprint density at radius 1 is 1.04 bits per heavy atom. The molecule has 25 heavy (non-hydrogen) atoms. The molecular formula is C22H36N2S. The van der Waals surface area contributed by atoms with Gasteiger partial charge in [-0.25, -0.2) is 4.98 Å². The lowest BCUT2D eigenvalue weighted by atomic mass is 10.0. The van der Waals surface area contributed by atoms with Crippen molar-refractivity contribution in [3.8, 4) is 0 Å². The number of allylic oxidation sites excluding steroid dienone is 3. The summed E-state index contributed by atoms with van der Waals surface area (Å²) in [6.45, 7) is 9.65. The van der Waals surface area contributed by atoms with Crippen LogP contribution >= 0.6 is 11.3 Å². The van der Waals surface area contributed by atoms with Gasteiger partial charge in [-0.2, -0.15) is 0 Å². The first-order chi connectivity index (χ1) is 12.2. The average Bonchev–Trinajstić information content (AvgIpc) is 3.00. The van der Waals surface area contributed by atoms with Crippen LogP contribution in [0.15, 0.2) is 29.8 Å². The number of hydrogen-bond acceptors (Lipinski definition) is 3. The van der Waals surface area contributed by atoms with Crippen LogP contribution in [0.4, 0.5) is 0 Å². The standard InChI is InChI=1S/C22H36N2S/c1-19(2)24-17-15-13-11-9-7-5-4-6-8-10-12-14-16-22(24)21-18-25-20(3)23-21/h7,9,18,22H,1,4-6,8,10-17H2,2-3H3. The van der Waals surface area contributed by atoms with Gasteiger partial charge in [0.05, 0.1) is 16.7 Å². The smallest absolute Gasteiger partial charge is 0.0898 e. The van der Waals surface area contributed by atoms with Crippen molar-refractivity contribution in [2.24, 2.45) is 0 Å². The molecule has 2 rings (SSSR count). The van der Waals surface area contributed by atoms with Crippen LogP contribution in [0.5, 0.6) is 0 Å². The van der Waals surface area contributed by atoms with E-state index in [1.54, 1.807) is 11.3 Å². The molecule has 0 bridgehead atoms. The zero-order valence-electron chi connectivity index (χ0n) is 16.3. The fraction of sp³-hybridized carbons (Fsp3) is 0.682. The molecule has 0 amide bonds. The van der Waals surface area contributed by atoms with Gasteiger partial charge in [-0.05, 0) is 52.4 Å². The molecule has 0 N–H and O–H groups in total. The first-order valence-corrected chi connectivity index (χ1v) is 11.1. The fourth-order valence-corrected chi connectivity index (χ4v) is 4.36. The highest BCUT2D eigenvalue weighted by atomic mass is 32.1. The lowest BCUT2D eigenvalue weighted by Crippen LogP contribution is -2.28. The summed E-state index contributed by atoms with van der Waals surface area (Å²) in [5.74, 6) is 0. The van der Waals surface area contributed by atoms with E-state index < -0.39 is 0 Å². The molecule has 1 atom stereocenters. The third kappa shape index (κ3) is 7.35. The zero-order valence-corrected chi connectivity index (χ0v) is 17.1. The van der Waals surface area contributed by atoms with Crippen molar-refractivity contribution >= 4 is 11.3 Å². The number of aromatic nitrogens is 1. The second kappa shape index (κ2) is 11.5. The maximum Gasteiger partial charge on any atom is 0.0898 e. The number of nitrogens with zero attached hydrogens (tertiary/aromatic N) is 2. The third-order valence-electron chi connectivity index (χ3n) is 5.13. The molecule has 1 aromatic rings. The largest absolute Gasteiger partial charge is 0.367 e. The van der Waals surface area contributed by atoms with Crippen LogP contribution in [0.3, 0.4) is 0 Å². The molecule has 1 unspecified atom stereocenters. The molecule has 0 aromatic carbocycles. The highest BCUT2D eigenvalue weighted by Gasteiger charge is 2.21. The molecule has 2 heterocycles. The van der Waals surface area contributed by atoms with E-state index in [4.69, 9.17) is 4.98 Å². The molecule has 0 fully saturated rings. The first-order valence-electron chi connectivity index (χ1n) is 10.2. The molecule has 0 aliphatic carbocycles. The summed E-state index contributed by atoms with van der Waals surface area (Å²) < 4.78 is 0. The van der Waals surface area contributed by atoms with E-state index in [2.05, 4.69) is 42.9 Å². The Balaban J connectivity index is 2.06. The van der Waals surface area contributed by atoms with Gasteiger partial charge in [0, 0.05) is 17.6 Å². The molecule has 140 valence electrons. The molecule has 0 spiro atoms. The Morgan fingerprint density at radius 2 is 1.68 bits per heavy atom. The van der Waals surface area contributed by atoms with Gasteiger partial charge in [-0.15, -0.1) is 11.3 Å². The summed E-state index contributed by atoms with van der Waals surface area (Å²) >= 11 is 1.78. The van der Waals surface area contributed by atoms with Crippen LogP contribution in [0, 0.1) is 6.92 Å². The molecule has 0 saturated carbocycles. The normalized spacial score (nSPS) is 22.0. The van der Waals surface area contributed by atoms with Crippen LogP contribution < -0.4 is 0 Å². The van der Waals surface area contributed by atoms with Crippen molar-refractivity contribution in [3.05, 3.63) is 40.5 Å². The maximum atomic E-state index is 4.82. The van der Waals surface area contributed by atoms with Crippen LogP contribution in [-0.4, -0.2) is 16.4 Å². The Bertz CT molecular complexity index is 532. The molecule has 2 nitrogen and oxygen atoms in total. The van der Waals surface area contributed by atoms with E-state index >= 15 is 0 Å². The molecule has 1 aliphatic rings.